The number of hydrogen-bond acceptors (Lipinski definition) is 13. The minimum atomic E-state index is -2.03. The van der Waals surface area contributed by atoms with Gasteiger partial charge in [-0.05, 0) is 40.7 Å². The summed E-state index contributed by atoms with van der Waals surface area (Å²) < 4.78 is 29.7. The third-order valence-electron chi connectivity index (χ3n) is 11.6. The summed E-state index contributed by atoms with van der Waals surface area (Å²) in [5.41, 5.74) is -0.596. The number of Topliss-reactive ketones (excluding diaryl/α,β-unsaturated/α-hetero) is 1. The third-order valence-corrected chi connectivity index (χ3v) is 11.6. The summed E-state index contributed by atoms with van der Waals surface area (Å²) in [5, 5.41) is 48.4. The quantitative estimate of drug-likeness (QED) is 0.182. The van der Waals surface area contributed by atoms with Gasteiger partial charge in [0.15, 0.2) is 12.4 Å². The number of likely N-dealkylation sites (N-methyl/N-ethyl adjacent to an activating group) is 1. The predicted octanol–water partition coefficient (Wildman–Crippen LogP) is 5.68. The number of esters is 1. The van der Waals surface area contributed by atoms with Crippen LogP contribution >= 0.6 is 0 Å². The lowest BCUT2D eigenvalue weighted by molar-refractivity contribution is -0.160. The van der Waals surface area contributed by atoms with Gasteiger partial charge >= 0.3 is 11.8 Å². The van der Waals surface area contributed by atoms with Gasteiger partial charge in [-0.2, -0.15) is 0 Å². The van der Waals surface area contributed by atoms with Crippen LogP contribution in [0.2, 0.25) is 0 Å². The lowest BCUT2D eigenvalue weighted by Gasteiger charge is -2.38. The van der Waals surface area contributed by atoms with Gasteiger partial charge in [0.1, 0.15) is 23.4 Å². The lowest BCUT2D eigenvalue weighted by atomic mass is 9.78. The molecular weight excluding hydrogens is 764 g/mol. The summed E-state index contributed by atoms with van der Waals surface area (Å²) in [6.45, 7) is 17.6. The van der Waals surface area contributed by atoms with Gasteiger partial charge in [0.2, 0.25) is 0 Å². The average molecular weight is 825 g/mol. The Morgan fingerprint density at radius 2 is 1.61 bits per heavy atom. The molecular formula is C44H60N2O13. The van der Waals surface area contributed by atoms with E-state index in [1.807, 2.05) is 20.8 Å². The Morgan fingerprint density at radius 1 is 0.966 bits per heavy atom. The number of anilines is 1. The fourth-order valence-electron chi connectivity index (χ4n) is 7.36. The first-order valence-electron chi connectivity index (χ1n) is 19.6. The minimum Gasteiger partial charge on any atom is -0.507 e. The van der Waals surface area contributed by atoms with Crippen molar-refractivity contribution in [1.29, 1.82) is 0 Å². The Bertz CT molecular complexity index is 2050. The fourth-order valence-corrected chi connectivity index (χ4v) is 7.36. The Balaban J connectivity index is 1.94. The number of nitrogens with one attached hydrogen (secondary N) is 1. The molecule has 0 fully saturated rings. The largest absolute Gasteiger partial charge is 0.507 e. The van der Waals surface area contributed by atoms with Crippen molar-refractivity contribution in [1.82, 2.24) is 4.90 Å². The van der Waals surface area contributed by atoms with Crippen molar-refractivity contribution in [2.75, 3.05) is 26.1 Å². The number of carbonyl (C=O) groups is 4. The van der Waals surface area contributed by atoms with Crippen molar-refractivity contribution in [3.05, 3.63) is 53.3 Å². The van der Waals surface area contributed by atoms with Gasteiger partial charge in [-0.15, -0.1) is 0 Å². The molecule has 15 heteroatoms. The van der Waals surface area contributed by atoms with Crippen LogP contribution in [0.3, 0.4) is 0 Å². The number of methoxy groups -OCH3 is 1. The smallest absolute Gasteiger partial charge is 0.312 e. The Labute approximate surface area is 345 Å². The number of aliphatic hydroxyl groups excluding tert-OH is 2. The molecule has 3 aliphatic rings. The summed E-state index contributed by atoms with van der Waals surface area (Å²) in [6, 6.07) is 1.26. The molecule has 5 bridgehead atoms. The average Bonchev–Trinajstić information content (AvgIpc) is 3.44. The first kappa shape index (κ1) is 46.6. The number of aliphatic hydroxyl groups is 2. The summed E-state index contributed by atoms with van der Waals surface area (Å²) in [7, 11) is 3.05. The van der Waals surface area contributed by atoms with Crippen LogP contribution in [-0.4, -0.2) is 105 Å². The van der Waals surface area contributed by atoms with Gasteiger partial charge in [0.25, 0.3) is 17.6 Å². The molecule has 3 aliphatic heterocycles. The summed E-state index contributed by atoms with van der Waals surface area (Å²) in [5.74, 6) is -8.13. The molecule has 5 N–H and O–H groups in total. The summed E-state index contributed by atoms with van der Waals surface area (Å²) in [4.78, 5) is 55.1. The van der Waals surface area contributed by atoms with E-state index in [-0.39, 0.29) is 44.7 Å². The van der Waals surface area contributed by atoms with Crippen molar-refractivity contribution in [2.24, 2.45) is 23.7 Å². The fraction of sp³-hybridized carbons (Fsp3) is 0.545. The number of phenolic OH excluding ortho intramolecular Hbond substituents is 2. The molecule has 0 aromatic heterocycles. The SMILES string of the molecule is COC1/C=C/OC2(C)Oc3c(C)c(O)c4c(O)c(cc(OCC(=O)N(C)C(C)(C)C)c4c3C2=O)NC(=O)/C(C)=C\C=C\C(C)C(O)C(C)C(O)C(C)C(OC(C)=O)C1C. The zero-order valence-corrected chi connectivity index (χ0v) is 36.2. The maximum absolute atomic E-state index is 14.5. The van der Waals surface area contributed by atoms with Crippen LogP contribution < -0.4 is 14.8 Å². The van der Waals surface area contributed by atoms with E-state index in [0.717, 1.165) is 0 Å². The molecule has 0 saturated carbocycles. The number of phenols is 2. The number of aromatic hydroxyl groups is 2. The summed E-state index contributed by atoms with van der Waals surface area (Å²) in [6.07, 6.45) is 3.57. The normalized spacial score (nSPS) is 30.1. The van der Waals surface area contributed by atoms with Crippen LogP contribution in [0.25, 0.3) is 10.8 Å². The number of nitrogens with zero attached hydrogens (tertiary/aromatic N) is 1. The Kier molecular flexibility index (Phi) is 14.2. The van der Waals surface area contributed by atoms with Crippen molar-refractivity contribution in [3.63, 3.8) is 0 Å². The molecule has 15 nitrogen and oxygen atoms in total. The van der Waals surface area contributed by atoms with Crippen molar-refractivity contribution < 1.29 is 63.3 Å². The van der Waals surface area contributed by atoms with E-state index in [2.05, 4.69) is 5.32 Å². The van der Waals surface area contributed by atoms with Crippen LogP contribution in [0, 0.1) is 30.6 Å². The first-order chi connectivity index (χ1) is 27.4. The molecule has 2 aromatic carbocycles. The number of fused-ring (bicyclic) bond motifs is 14. The van der Waals surface area contributed by atoms with Gasteiger partial charge in [-0.1, -0.05) is 45.9 Å². The number of carbonyl (C=O) groups excluding carboxylic acids is 4. The second-order valence-electron chi connectivity index (χ2n) is 16.8. The molecule has 0 radical (unpaired) electrons. The third kappa shape index (κ3) is 9.53. The van der Waals surface area contributed by atoms with E-state index in [0.29, 0.717) is 0 Å². The lowest BCUT2D eigenvalue weighted by Crippen LogP contribution is -2.46. The highest BCUT2D eigenvalue weighted by molar-refractivity contribution is 6.21. The predicted molar refractivity (Wildman–Crippen MR) is 220 cm³/mol. The molecule has 2 aromatic rings. The Hall–Kier alpha value is -5.12. The number of allylic oxidation sites excluding steroid dienone is 2. The van der Waals surface area contributed by atoms with E-state index < -0.39 is 101 Å². The van der Waals surface area contributed by atoms with E-state index in [4.69, 9.17) is 23.7 Å². The second kappa shape index (κ2) is 18.0. The highest BCUT2D eigenvalue weighted by Gasteiger charge is 2.50. The molecule has 9 atom stereocenters. The van der Waals surface area contributed by atoms with Gasteiger partial charge < -0.3 is 54.3 Å². The van der Waals surface area contributed by atoms with Crippen LogP contribution in [0.4, 0.5) is 5.69 Å². The molecule has 0 aliphatic carbocycles. The molecule has 5 rings (SSSR count). The van der Waals surface area contributed by atoms with Crippen LogP contribution in [0.15, 0.2) is 42.2 Å². The van der Waals surface area contributed by atoms with Gasteiger partial charge in [0, 0.05) is 79.8 Å². The molecule has 2 amide bonds. The van der Waals surface area contributed by atoms with Gasteiger partial charge in [-0.3, -0.25) is 19.2 Å². The Morgan fingerprint density at radius 3 is 2.20 bits per heavy atom. The maximum atomic E-state index is 14.5. The molecule has 59 heavy (non-hydrogen) atoms. The van der Waals surface area contributed by atoms with Crippen LogP contribution in [0.1, 0.15) is 85.2 Å². The van der Waals surface area contributed by atoms with E-state index in [9.17, 15) is 39.6 Å². The second-order valence-corrected chi connectivity index (χ2v) is 16.8. The highest BCUT2D eigenvalue weighted by atomic mass is 16.7. The molecule has 0 spiro atoms. The zero-order chi connectivity index (χ0) is 44.5. The number of benzene rings is 2. The highest BCUT2D eigenvalue weighted by Crippen LogP contribution is 2.54. The first-order valence-corrected chi connectivity index (χ1v) is 19.6. The molecule has 324 valence electrons. The zero-order valence-electron chi connectivity index (χ0n) is 36.2. The monoisotopic (exact) mass is 824 g/mol. The van der Waals surface area contributed by atoms with Crippen molar-refractivity contribution in [3.8, 4) is 23.0 Å². The molecule has 3 heterocycles. The maximum Gasteiger partial charge on any atom is 0.312 e. The number of rotatable bonds is 5. The van der Waals surface area contributed by atoms with E-state index in [1.54, 1.807) is 46.9 Å². The van der Waals surface area contributed by atoms with Crippen LogP contribution in [0.5, 0.6) is 23.0 Å². The number of hydrogen-bond donors (Lipinski definition) is 5. The topological polar surface area (TPSA) is 211 Å². The number of ether oxygens (including phenoxy) is 5. The molecule has 9 unspecified atom stereocenters. The van der Waals surface area contributed by atoms with Crippen molar-refractivity contribution in [2.45, 2.75) is 112 Å². The summed E-state index contributed by atoms with van der Waals surface area (Å²) >= 11 is 0. The van der Waals surface area contributed by atoms with Crippen LogP contribution in [-0.2, 0) is 28.6 Å². The molecule has 0 saturated heterocycles. The van der Waals surface area contributed by atoms with Crippen molar-refractivity contribution >= 4 is 40.0 Å². The standard InChI is InChI=1S/C44H60N2O13/c1-21-15-14-16-22(2)42(54)45-28-19-30(56-20-31(48)46(12)43(8,9)10)32-33(38(28)52)37(51)26(6)40-34(32)41(53)44(11,59-40)57-18-17-29(55-13)23(3)39(58-27(7)47)25(5)36(50)24(4)35(21)49/h14-19,21,23-25,29,35-36,39,49-52H,20H2,1-13H3,(H,45,54)/b15-14+,18-17+,22-16-. The van der Waals surface area contributed by atoms with E-state index >= 15 is 0 Å². The number of amides is 2. The van der Waals surface area contributed by atoms with E-state index in [1.165, 1.54) is 64.2 Å². The number of ketones is 1. The van der Waals surface area contributed by atoms with Gasteiger partial charge in [-0.25, -0.2) is 0 Å². The van der Waals surface area contributed by atoms with Gasteiger partial charge in [0.05, 0.1) is 41.2 Å². The minimum absolute atomic E-state index is 0.0638.